The topological polar surface area (TPSA) is 55.2 Å². The molecule has 0 spiro atoms. The third-order valence-corrected chi connectivity index (χ3v) is 3.46. The fraction of sp³-hybridized carbons (Fsp3) is 0.400. The summed E-state index contributed by atoms with van der Waals surface area (Å²) in [5.41, 5.74) is 0.509. The van der Waals surface area contributed by atoms with E-state index in [0.29, 0.717) is 29.8 Å². The number of benzene rings is 1. The molecule has 1 heterocycles. The Morgan fingerprint density at radius 1 is 1.25 bits per heavy atom. The highest BCUT2D eigenvalue weighted by Gasteiger charge is 2.14. The van der Waals surface area contributed by atoms with Crippen LogP contribution in [0, 0.1) is 6.92 Å². The van der Waals surface area contributed by atoms with Crippen molar-refractivity contribution in [3.05, 3.63) is 40.4 Å². The minimum atomic E-state index is -0.159. The van der Waals surface area contributed by atoms with E-state index in [1.54, 1.807) is 30.0 Å². The lowest BCUT2D eigenvalue weighted by atomic mass is 10.2. The second kappa shape index (κ2) is 5.86. The lowest BCUT2D eigenvalue weighted by Gasteiger charge is -2.20. The van der Waals surface area contributed by atoms with Crippen LogP contribution in [0.4, 0.5) is 0 Å². The van der Waals surface area contributed by atoms with E-state index in [2.05, 4.69) is 4.98 Å². The summed E-state index contributed by atoms with van der Waals surface area (Å²) in [5.74, 6) is 0.506. The number of likely N-dealkylation sites (N-methyl/N-ethyl adjacent to an activating group) is 1. The molecular weight excluding hydrogens is 254 g/mol. The first-order valence-corrected chi connectivity index (χ1v) is 6.82. The Balaban J connectivity index is 2.45. The van der Waals surface area contributed by atoms with E-state index in [9.17, 15) is 9.59 Å². The third kappa shape index (κ3) is 2.57. The van der Waals surface area contributed by atoms with E-state index in [1.807, 2.05) is 19.9 Å². The van der Waals surface area contributed by atoms with Crippen LogP contribution >= 0.6 is 0 Å². The molecule has 0 aliphatic heterocycles. The normalized spacial score (nSPS) is 10.8. The summed E-state index contributed by atoms with van der Waals surface area (Å²) in [5, 5.41) is 0.547. The third-order valence-electron chi connectivity index (χ3n) is 3.46. The zero-order chi connectivity index (χ0) is 14.7. The molecule has 1 amide bonds. The zero-order valence-electron chi connectivity index (χ0n) is 12.1. The van der Waals surface area contributed by atoms with Crippen LogP contribution in [0.1, 0.15) is 19.7 Å². The number of carbonyl (C=O) groups is 1. The number of rotatable bonds is 4. The molecule has 5 heteroatoms. The summed E-state index contributed by atoms with van der Waals surface area (Å²) in [6, 6.07) is 7.19. The maximum absolute atomic E-state index is 12.4. The van der Waals surface area contributed by atoms with Gasteiger partial charge in [0.15, 0.2) is 0 Å². The molecule has 1 aromatic heterocycles. The largest absolute Gasteiger partial charge is 0.342 e. The molecule has 20 heavy (non-hydrogen) atoms. The van der Waals surface area contributed by atoms with Gasteiger partial charge in [0.2, 0.25) is 5.91 Å². The van der Waals surface area contributed by atoms with Gasteiger partial charge in [-0.1, -0.05) is 12.1 Å². The van der Waals surface area contributed by atoms with Crippen LogP contribution in [0.3, 0.4) is 0 Å². The SMILES string of the molecule is CCN(CC)C(=O)Cn1c(C)nc2ccccc2c1=O. The summed E-state index contributed by atoms with van der Waals surface area (Å²) in [6.07, 6.45) is 0. The number of fused-ring (bicyclic) bond motifs is 1. The molecule has 0 atom stereocenters. The highest BCUT2D eigenvalue weighted by molar-refractivity contribution is 5.79. The van der Waals surface area contributed by atoms with Gasteiger partial charge in [-0.25, -0.2) is 4.98 Å². The van der Waals surface area contributed by atoms with Crippen molar-refractivity contribution in [2.75, 3.05) is 13.1 Å². The Kier molecular flexibility index (Phi) is 4.17. The van der Waals surface area contributed by atoms with Gasteiger partial charge in [-0.2, -0.15) is 0 Å². The Morgan fingerprint density at radius 3 is 2.55 bits per heavy atom. The van der Waals surface area contributed by atoms with Crippen LogP contribution in [0.2, 0.25) is 0 Å². The molecule has 2 aromatic rings. The van der Waals surface area contributed by atoms with E-state index >= 15 is 0 Å². The maximum atomic E-state index is 12.4. The summed E-state index contributed by atoms with van der Waals surface area (Å²) >= 11 is 0. The smallest absolute Gasteiger partial charge is 0.261 e. The second-order valence-electron chi connectivity index (χ2n) is 4.63. The minimum Gasteiger partial charge on any atom is -0.342 e. The molecule has 0 saturated carbocycles. The van der Waals surface area contributed by atoms with Gasteiger partial charge >= 0.3 is 0 Å². The summed E-state index contributed by atoms with van der Waals surface area (Å²) in [7, 11) is 0. The minimum absolute atomic E-state index is 0.0458. The van der Waals surface area contributed by atoms with Gasteiger partial charge in [0.25, 0.3) is 5.56 Å². The lowest BCUT2D eigenvalue weighted by molar-refractivity contribution is -0.131. The van der Waals surface area contributed by atoms with Crippen LogP contribution in [-0.4, -0.2) is 33.4 Å². The van der Waals surface area contributed by atoms with E-state index in [0.717, 1.165) is 0 Å². The lowest BCUT2D eigenvalue weighted by Crippen LogP contribution is -2.37. The van der Waals surface area contributed by atoms with Gasteiger partial charge in [-0.15, -0.1) is 0 Å². The molecule has 0 radical (unpaired) electrons. The van der Waals surface area contributed by atoms with Crippen molar-refractivity contribution < 1.29 is 4.79 Å². The molecule has 2 rings (SSSR count). The number of carbonyl (C=O) groups excluding carboxylic acids is 1. The standard InChI is InChI=1S/C15H19N3O2/c1-4-17(5-2)14(19)10-18-11(3)16-13-9-7-6-8-12(13)15(18)20/h6-9H,4-5,10H2,1-3H3. The molecule has 106 valence electrons. The maximum Gasteiger partial charge on any atom is 0.261 e. The van der Waals surface area contributed by atoms with E-state index < -0.39 is 0 Å². The van der Waals surface area contributed by atoms with Gasteiger partial charge < -0.3 is 4.90 Å². The molecule has 0 bridgehead atoms. The van der Waals surface area contributed by atoms with E-state index in [-0.39, 0.29) is 18.0 Å². The summed E-state index contributed by atoms with van der Waals surface area (Å²) in [4.78, 5) is 30.7. The molecule has 0 unspecified atom stereocenters. The Morgan fingerprint density at radius 2 is 1.90 bits per heavy atom. The van der Waals surface area contributed by atoms with Crippen LogP contribution < -0.4 is 5.56 Å². The fourth-order valence-electron chi connectivity index (χ4n) is 2.28. The number of aromatic nitrogens is 2. The van der Waals surface area contributed by atoms with Gasteiger partial charge in [0, 0.05) is 13.1 Å². The first-order chi connectivity index (χ1) is 9.58. The van der Waals surface area contributed by atoms with Crippen LogP contribution in [0.15, 0.2) is 29.1 Å². The van der Waals surface area contributed by atoms with Crippen LogP contribution in [0.25, 0.3) is 10.9 Å². The zero-order valence-corrected chi connectivity index (χ0v) is 12.1. The van der Waals surface area contributed by atoms with Crippen molar-refractivity contribution >= 4 is 16.8 Å². The van der Waals surface area contributed by atoms with Crippen molar-refractivity contribution in [2.45, 2.75) is 27.3 Å². The predicted molar refractivity (Wildman–Crippen MR) is 78.7 cm³/mol. The molecule has 5 nitrogen and oxygen atoms in total. The number of nitrogens with zero attached hydrogens (tertiary/aromatic N) is 3. The first-order valence-electron chi connectivity index (χ1n) is 6.82. The molecule has 0 aliphatic rings. The molecule has 0 N–H and O–H groups in total. The quantitative estimate of drug-likeness (QED) is 0.849. The molecule has 0 fully saturated rings. The monoisotopic (exact) mass is 273 g/mol. The van der Waals surface area contributed by atoms with Gasteiger partial charge in [0.05, 0.1) is 10.9 Å². The highest BCUT2D eigenvalue weighted by atomic mass is 16.2. The average molecular weight is 273 g/mol. The Hall–Kier alpha value is -2.17. The first kappa shape index (κ1) is 14.2. The Labute approximate surface area is 117 Å². The Bertz CT molecular complexity index is 687. The second-order valence-corrected chi connectivity index (χ2v) is 4.63. The number of hydrogen-bond acceptors (Lipinski definition) is 3. The number of amides is 1. The molecule has 0 aliphatic carbocycles. The van der Waals surface area contributed by atoms with Gasteiger partial charge in [-0.05, 0) is 32.9 Å². The van der Waals surface area contributed by atoms with Gasteiger partial charge in [-0.3, -0.25) is 14.2 Å². The number of aryl methyl sites for hydroxylation is 1. The molecule has 0 saturated heterocycles. The predicted octanol–water partition coefficient (Wildman–Crippen LogP) is 1.57. The van der Waals surface area contributed by atoms with E-state index in [1.165, 1.54) is 4.57 Å². The summed E-state index contributed by atoms with van der Waals surface area (Å²) < 4.78 is 1.45. The van der Waals surface area contributed by atoms with E-state index in [4.69, 9.17) is 0 Å². The van der Waals surface area contributed by atoms with Gasteiger partial charge in [0.1, 0.15) is 12.4 Å². The fourth-order valence-corrected chi connectivity index (χ4v) is 2.28. The van der Waals surface area contributed by atoms with Crippen LogP contribution in [-0.2, 0) is 11.3 Å². The summed E-state index contributed by atoms with van der Waals surface area (Å²) in [6.45, 7) is 6.94. The van der Waals surface area contributed by atoms with Crippen molar-refractivity contribution in [1.82, 2.24) is 14.5 Å². The van der Waals surface area contributed by atoms with Crippen molar-refractivity contribution in [2.24, 2.45) is 0 Å². The molecule has 1 aromatic carbocycles. The van der Waals surface area contributed by atoms with Crippen molar-refractivity contribution in [1.29, 1.82) is 0 Å². The van der Waals surface area contributed by atoms with Crippen LogP contribution in [0.5, 0.6) is 0 Å². The van der Waals surface area contributed by atoms with Crippen molar-refractivity contribution in [3.8, 4) is 0 Å². The van der Waals surface area contributed by atoms with Crippen molar-refractivity contribution in [3.63, 3.8) is 0 Å². The molecular formula is C15H19N3O2. The number of para-hydroxylation sites is 1. The highest BCUT2D eigenvalue weighted by Crippen LogP contribution is 2.07. The number of hydrogen-bond donors (Lipinski definition) is 0. The average Bonchev–Trinajstić information content (AvgIpc) is 2.45.